The summed E-state index contributed by atoms with van der Waals surface area (Å²) in [5.41, 5.74) is -0.0498. The van der Waals surface area contributed by atoms with Crippen molar-refractivity contribution in [2.75, 3.05) is 25.1 Å². The van der Waals surface area contributed by atoms with E-state index in [0.717, 1.165) is 0 Å². The van der Waals surface area contributed by atoms with E-state index in [1.54, 1.807) is 0 Å². The van der Waals surface area contributed by atoms with E-state index in [1.165, 1.54) is 18.1 Å². The molecule has 0 saturated carbocycles. The van der Waals surface area contributed by atoms with Crippen molar-refractivity contribution < 1.29 is 9.66 Å². The highest BCUT2D eigenvalue weighted by molar-refractivity contribution is 8.00. The lowest BCUT2D eigenvalue weighted by atomic mass is 10.4. The van der Waals surface area contributed by atoms with Crippen LogP contribution in [0.15, 0.2) is 11.4 Å². The molecule has 0 aromatic carbocycles. The molecule has 0 bridgehead atoms. The summed E-state index contributed by atoms with van der Waals surface area (Å²) < 4.78 is 5.04. The average Bonchev–Trinajstić information content (AvgIpc) is 2.23. The smallest absolute Gasteiger partial charge is 0.343 e. The lowest BCUT2D eigenvalue weighted by Gasteiger charge is -2.24. The van der Waals surface area contributed by atoms with E-state index in [-0.39, 0.29) is 16.8 Å². The molecule has 1 saturated heterocycles. The van der Waals surface area contributed by atoms with Crippen LogP contribution in [0.1, 0.15) is 6.92 Å². The van der Waals surface area contributed by atoms with E-state index in [9.17, 15) is 10.1 Å². The summed E-state index contributed by atoms with van der Waals surface area (Å²) in [6.45, 7) is 3.66. The maximum Gasteiger partial charge on any atom is 0.343 e. The predicted molar refractivity (Wildman–Crippen MR) is 63.3 cm³/mol. The molecule has 0 unspecified atom stereocenters. The van der Waals surface area contributed by atoms with Crippen molar-refractivity contribution in [1.82, 2.24) is 9.97 Å². The number of hydrogen-bond acceptors (Lipinski definition) is 7. The van der Waals surface area contributed by atoms with Gasteiger partial charge < -0.3 is 10.1 Å². The Kier molecular flexibility index (Phi) is 3.75. The molecule has 1 fully saturated rings. The first-order chi connectivity index (χ1) is 8.22. The molecule has 0 radical (unpaired) electrons. The molecule has 1 N–H and O–H groups in total. The van der Waals surface area contributed by atoms with Crippen molar-refractivity contribution in [2.24, 2.45) is 0 Å². The molecule has 1 aromatic rings. The van der Waals surface area contributed by atoms with Crippen LogP contribution in [0.4, 0.5) is 11.5 Å². The number of hydrogen-bond donors (Lipinski definition) is 1. The first-order valence-corrected chi connectivity index (χ1v) is 6.08. The first-order valence-electron chi connectivity index (χ1n) is 5.20. The Morgan fingerprint density at radius 1 is 1.65 bits per heavy atom. The van der Waals surface area contributed by atoms with Gasteiger partial charge in [-0.2, -0.15) is 0 Å². The number of anilines is 1. The maximum absolute atomic E-state index is 11.0. The fourth-order valence-corrected chi connectivity index (χ4v) is 2.39. The molecule has 0 amide bonds. The van der Waals surface area contributed by atoms with Gasteiger partial charge >= 0.3 is 5.69 Å². The van der Waals surface area contributed by atoms with Gasteiger partial charge in [0.25, 0.3) is 0 Å². The lowest BCUT2D eigenvalue weighted by Crippen LogP contribution is -2.30. The lowest BCUT2D eigenvalue weighted by molar-refractivity contribution is -0.387. The maximum atomic E-state index is 11.0. The first kappa shape index (κ1) is 12.1. The van der Waals surface area contributed by atoms with Crippen LogP contribution in [0, 0.1) is 10.1 Å². The molecule has 1 aliphatic heterocycles. The van der Waals surface area contributed by atoms with E-state index in [4.69, 9.17) is 4.74 Å². The normalized spacial score (nSPS) is 15.4. The van der Waals surface area contributed by atoms with Crippen LogP contribution in [0.2, 0.25) is 0 Å². The summed E-state index contributed by atoms with van der Waals surface area (Å²) in [6.07, 6.45) is 1.34. The van der Waals surface area contributed by atoms with E-state index >= 15 is 0 Å². The van der Waals surface area contributed by atoms with Gasteiger partial charge in [0.05, 0.1) is 23.4 Å². The molecular formula is C9H12N4O3S. The Bertz CT molecular complexity index is 425. The quantitative estimate of drug-likeness (QED) is 0.482. The van der Waals surface area contributed by atoms with Gasteiger partial charge in [0.15, 0.2) is 5.03 Å². The topological polar surface area (TPSA) is 90.2 Å². The summed E-state index contributed by atoms with van der Waals surface area (Å²) in [5.74, 6) is 0.273. The second-order valence-corrected chi connectivity index (χ2v) is 4.73. The van der Waals surface area contributed by atoms with Crippen molar-refractivity contribution in [2.45, 2.75) is 17.2 Å². The standard InChI is InChI=1S/C9H12N4O3S/c1-2-10-8-7(13(14)15)9(12-5-11-8)17-6-3-16-4-6/h5-6H,2-4H2,1H3,(H,10,11,12). The van der Waals surface area contributed by atoms with Crippen LogP contribution >= 0.6 is 11.8 Å². The third kappa shape index (κ3) is 2.64. The van der Waals surface area contributed by atoms with Gasteiger partial charge in [-0.25, -0.2) is 9.97 Å². The van der Waals surface area contributed by atoms with Crippen LogP contribution in [0.25, 0.3) is 0 Å². The minimum Gasteiger partial charge on any atom is -0.379 e. The Hall–Kier alpha value is -1.41. The van der Waals surface area contributed by atoms with E-state index in [2.05, 4.69) is 15.3 Å². The number of aromatic nitrogens is 2. The van der Waals surface area contributed by atoms with Crippen LogP contribution in [-0.2, 0) is 4.74 Å². The van der Waals surface area contributed by atoms with E-state index < -0.39 is 4.92 Å². The van der Waals surface area contributed by atoms with Crippen molar-refractivity contribution in [1.29, 1.82) is 0 Å². The number of thioether (sulfide) groups is 1. The molecule has 1 aromatic heterocycles. The highest BCUT2D eigenvalue weighted by atomic mass is 32.2. The highest BCUT2D eigenvalue weighted by Crippen LogP contribution is 2.36. The minimum atomic E-state index is -0.445. The highest BCUT2D eigenvalue weighted by Gasteiger charge is 2.28. The molecule has 2 rings (SSSR count). The fourth-order valence-electron chi connectivity index (χ4n) is 1.35. The van der Waals surface area contributed by atoms with Gasteiger partial charge in [0.1, 0.15) is 6.33 Å². The van der Waals surface area contributed by atoms with Gasteiger partial charge in [-0.15, -0.1) is 0 Å². The zero-order valence-electron chi connectivity index (χ0n) is 9.25. The number of ether oxygens (including phenoxy) is 1. The summed E-state index contributed by atoms with van der Waals surface area (Å²) in [6, 6.07) is 0. The Balaban J connectivity index is 2.28. The van der Waals surface area contributed by atoms with Crippen LogP contribution in [0.3, 0.4) is 0 Å². The second kappa shape index (κ2) is 5.28. The largest absolute Gasteiger partial charge is 0.379 e. The third-order valence-corrected chi connectivity index (χ3v) is 3.33. The number of nitrogens with one attached hydrogen (secondary N) is 1. The Morgan fingerprint density at radius 3 is 2.94 bits per heavy atom. The Labute approximate surface area is 102 Å². The van der Waals surface area contributed by atoms with Gasteiger partial charge in [-0.1, -0.05) is 11.8 Å². The van der Waals surface area contributed by atoms with Crippen LogP contribution in [0.5, 0.6) is 0 Å². The van der Waals surface area contributed by atoms with Crippen molar-refractivity contribution in [3.63, 3.8) is 0 Å². The molecule has 0 atom stereocenters. The average molecular weight is 256 g/mol. The van der Waals surface area contributed by atoms with Gasteiger partial charge in [-0.05, 0) is 6.92 Å². The monoisotopic (exact) mass is 256 g/mol. The van der Waals surface area contributed by atoms with E-state index in [0.29, 0.717) is 24.8 Å². The zero-order chi connectivity index (χ0) is 12.3. The fraction of sp³-hybridized carbons (Fsp3) is 0.556. The molecule has 0 aliphatic carbocycles. The number of nitrogens with zero attached hydrogens (tertiary/aromatic N) is 3. The summed E-state index contributed by atoms with van der Waals surface area (Å²) in [4.78, 5) is 18.5. The third-order valence-electron chi connectivity index (χ3n) is 2.20. The second-order valence-electron chi connectivity index (χ2n) is 3.44. The zero-order valence-corrected chi connectivity index (χ0v) is 10.1. The molecule has 92 valence electrons. The molecule has 8 heteroatoms. The van der Waals surface area contributed by atoms with Crippen LogP contribution < -0.4 is 5.32 Å². The predicted octanol–water partition coefficient (Wildman–Crippen LogP) is 1.31. The Morgan fingerprint density at radius 2 is 2.41 bits per heavy atom. The molecule has 17 heavy (non-hydrogen) atoms. The summed E-state index contributed by atoms with van der Waals surface area (Å²) >= 11 is 1.37. The summed E-state index contributed by atoms with van der Waals surface area (Å²) in [5, 5.41) is 14.6. The minimum absolute atomic E-state index is 0.0498. The number of rotatable bonds is 5. The van der Waals surface area contributed by atoms with Crippen molar-refractivity contribution in [3.8, 4) is 0 Å². The molecule has 7 nitrogen and oxygen atoms in total. The molecule has 2 heterocycles. The molecule has 1 aliphatic rings. The van der Waals surface area contributed by atoms with Crippen molar-refractivity contribution >= 4 is 23.3 Å². The van der Waals surface area contributed by atoms with Crippen LogP contribution in [-0.4, -0.2) is 39.9 Å². The van der Waals surface area contributed by atoms with Gasteiger partial charge in [0, 0.05) is 6.54 Å². The van der Waals surface area contributed by atoms with Crippen molar-refractivity contribution in [3.05, 3.63) is 16.4 Å². The SMILES string of the molecule is CCNc1ncnc(SC2COC2)c1[N+](=O)[O-]. The summed E-state index contributed by atoms with van der Waals surface area (Å²) in [7, 11) is 0. The van der Waals surface area contributed by atoms with E-state index in [1.807, 2.05) is 6.92 Å². The number of nitro groups is 1. The van der Waals surface area contributed by atoms with Gasteiger partial charge in [0.2, 0.25) is 5.82 Å². The van der Waals surface area contributed by atoms with Gasteiger partial charge in [-0.3, -0.25) is 10.1 Å². The molecular weight excluding hydrogens is 244 g/mol. The molecule has 0 spiro atoms.